The fourth-order valence-electron chi connectivity index (χ4n) is 1.64. The summed E-state index contributed by atoms with van der Waals surface area (Å²) in [7, 11) is 0. The molecule has 3 nitrogen and oxygen atoms in total. The summed E-state index contributed by atoms with van der Waals surface area (Å²) in [5.74, 6) is -2.93. The minimum atomic E-state index is -0.941. The van der Waals surface area contributed by atoms with E-state index in [0.29, 0.717) is 6.07 Å². The van der Waals surface area contributed by atoms with Gasteiger partial charge in [-0.05, 0) is 36.8 Å². The van der Waals surface area contributed by atoms with E-state index >= 15 is 0 Å². The van der Waals surface area contributed by atoms with Gasteiger partial charge in [0.2, 0.25) is 0 Å². The van der Waals surface area contributed by atoms with Crippen LogP contribution in [0.5, 0.6) is 0 Å². The summed E-state index contributed by atoms with van der Waals surface area (Å²) in [4.78, 5) is 11.9. The normalized spacial score (nSPS) is 10.4. The molecule has 0 atom stereocenters. The van der Waals surface area contributed by atoms with Gasteiger partial charge in [0.1, 0.15) is 17.5 Å². The first-order valence-corrected chi connectivity index (χ1v) is 5.70. The molecule has 0 aromatic heterocycles. The van der Waals surface area contributed by atoms with E-state index in [1.54, 1.807) is 0 Å². The molecule has 0 saturated heterocycles. The Morgan fingerprint density at radius 1 is 1.05 bits per heavy atom. The quantitative estimate of drug-likeness (QED) is 0.830. The first-order chi connectivity index (χ1) is 9.38. The fourth-order valence-corrected chi connectivity index (χ4v) is 1.64. The van der Waals surface area contributed by atoms with E-state index in [4.69, 9.17) is 5.73 Å². The second kappa shape index (κ2) is 5.24. The smallest absolute Gasteiger partial charge is 0.255 e. The highest BCUT2D eigenvalue weighted by molar-refractivity contribution is 6.04. The number of carbonyl (C=O) groups is 1. The molecule has 3 N–H and O–H groups in total. The predicted molar refractivity (Wildman–Crippen MR) is 69.9 cm³/mol. The third-order valence-electron chi connectivity index (χ3n) is 2.75. The van der Waals surface area contributed by atoms with Crippen molar-refractivity contribution in [2.75, 3.05) is 11.1 Å². The predicted octanol–water partition coefficient (Wildman–Crippen LogP) is 3.25. The molecule has 20 heavy (non-hydrogen) atoms. The molecule has 104 valence electrons. The molecule has 0 spiro atoms. The number of amides is 1. The Hall–Kier alpha value is -2.50. The molecule has 6 heteroatoms. The minimum absolute atomic E-state index is 0.159. The lowest BCUT2D eigenvalue weighted by molar-refractivity contribution is 0.102. The molecule has 0 aliphatic carbocycles. The third kappa shape index (κ3) is 2.74. The van der Waals surface area contributed by atoms with Crippen molar-refractivity contribution in [2.24, 2.45) is 0 Å². The lowest BCUT2D eigenvalue weighted by Gasteiger charge is -2.08. The number of carbonyl (C=O) groups excluding carboxylic acids is 1. The van der Waals surface area contributed by atoms with E-state index < -0.39 is 23.4 Å². The van der Waals surface area contributed by atoms with Crippen molar-refractivity contribution < 1.29 is 18.0 Å². The van der Waals surface area contributed by atoms with Gasteiger partial charge in [-0.3, -0.25) is 4.79 Å². The van der Waals surface area contributed by atoms with Crippen LogP contribution in [0.4, 0.5) is 24.5 Å². The molecule has 0 radical (unpaired) electrons. The number of nitrogens with two attached hydrogens (primary N) is 1. The van der Waals surface area contributed by atoms with E-state index in [0.717, 1.165) is 12.1 Å². The fraction of sp³-hybridized carbons (Fsp3) is 0.0714. The third-order valence-corrected chi connectivity index (χ3v) is 2.75. The molecular weight excluding hydrogens is 269 g/mol. The maximum absolute atomic E-state index is 13.5. The number of benzene rings is 2. The van der Waals surface area contributed by atoms with Gasteiger partial charge in [0.25, 0.3) is 5.91 Å². The molecule has 1 amide bonds. The summed E-state index contributed by atoms with van der Waals surface area (Å²) in [6, 6.07) is 5.30. The number of aryl methyl sites for hydroxylation is 1. The Kier molecular flexibility index (Phi) is 3.65. The van der Waals surface area contributed by atoms with Crippen molar-refractivity contribution in [3.8, 4) is 0 Å². The van der Waals surface area contributed by atoms with E-state index in [-0.39, 0.29) is 22.5 Å². The number of nitrogen functional groups attached to an aromatic ring is 1. The zero-order valence-corrected chi connectivity index (χ0v) is 10.5. The SMILES string of the molecule is Cc1cc(C(=O)Nc2cc(N)c(F)cc2F)ccc1F. The second-order valence-corrected chi connectivity index (χ2v) is 4.27. The van der Waals surface area contributed by atoms with Crippen LogP contribution < -0.4 is 11.1 Å². The van der Waals surface area contributed by atoms with Gasteiger partial charge >= 0.3 is 0 Å². The van der Waals surface area contributed by atoms with Gasteiger partial charge < -0.3 is 11.1 Å². The van der Waals surface area contributed by atoms with Crippen LogP contribution in [0.25, 0.3) is 0 Å². The second-order valence-electron chi connectivity index (χ2n) is 4.27. The molecule has 0 saturated carbocycles. The van der Waals surface area contributed by atoms with Crippen molar-refractivity contribution in [1.29, 1.82) is 0 Å². The largest absolute Gasteiger partial charge is 0.396 e. The van der Waals surface area contributed by atoms with Crippen LogP contribution >= 0.6 is 0 Å². The summed E-state index contributed by atoms with van der Waals surface area (Å²) in [6.07, 6.45) is 0. The lowest BCUT2D eigenvalue weighted by atomic mass is 10.1. The molecule has 2 rings (SSSR count). The van der Waals surface area contributed by atoms with Crippen LogP contribution in [-0.4, -0.2) is 5.91 Å². The Labute approximate surface area is 113 Å². The number of hydrogen-bond acceptors (Lipinski definition) is 2. The Morgan fingerprint density at radius 2 is 1.75 bits per heavy atom. The average molecular weight is 280 g/mol. The summed E-state index contributed by atoms with van der Waals surface area (Å²) in [6.45, 7) is 1.50. The average Bonchev–Trinajstić information content (AvgIpc) is 2.39. The molecule has 2 aromatic rings. The molecule has 0 fully saturated rings. The molecule has 0 aliphatic rings. The van der Waals surface area contributed by atoms with Crippen LogP contribution in [-0.2, 0) is 0 Å². The molecule has 0 heterocycles. The Morgan fingerprint density at radius 3 is 2.40 bits per heavy atom. The maximum atomic E-state index is 13.5. The van der Waals surface area contributed by atoms with Gasteiger partial charge in [-0.25, -0.2) is 13.2 Å². The first kappa shape index (κ1) is 13.9. The zero-order valence-electron chi connectivity index (χ0n) is 10.5. The van der Waals surface area contributed by atoms with Crippen LogP contribution in [0, 0.1) is 24.4 Å². The van der Waals surface area contributed by atoms with Crippen molar-refractivity contribution in [2.45, 2.75) is 6.92 Å². The molecule has 2 aromatic carbocycles. The highest BCUT2D eigenvalue weighted by Gasteiger charge is 2.13. The van der Waals surface area contributed by atoms with Crippen molar-refractivity contribution in [1.82, 2.24) is 0 Å². The van der Waals surface area contributed by atoms with E-state index in [2.05, 4.69) is 5.32 Å². The topological polar surface area (TPSA) is 55.1 Å². The Balaban J connectivity index is 2.27. The van der Waals surface area contributed by atoms with Crippen LogP contribution in [0.1, 0.15) is 15.9 Å². The number of halogens is 3. The van der Waals surface area contributed by atoms with Gasteiger partial charge in [-0.1, -0.05) is 0 Å². The summed E-state index contributed by atoms with van der Waals surface area (Å²) in [5.41, 5.74) is 5.23. The number of hydrogen-bond donors (Lipinski definition) is 2. The van der Waals surface area contributed by atoms with Crippen molar-refractivity contribution in [3.05, 3.63) is 58.9 Å². The highest BCUT2D eigenvalue weighted by Crippen LogP contribution is 2.22. The van der Waals surface area contributed by atoms with Crippen LogP contribution in [0.3, 0.4) is 0 Å². The standard InChI is InChI=1S/C14H11F3N2O/c1-7-4-8(2-3-9(7)15)14(20)19-13-6-12(18)10(16)5-11(13)17/h2-6H,18H2,1H3,(H,19,20). The van der Waals surface area contributed by atoms with E-state index in [1.807, 2.05) is 0 Å². The maximum Gasteiger partial charge on any atom is 0.255 e. The summed E-state index contributed by atoms with van der Waals surface area (Å²) < 4.78 is 39.6. The van der Waals surface area contributed by atoms with Crippen LogP contribution in [0.2, 0.25) is 0 Å². The molecule has 0 unspecified atom stereocenters. The van der Waals surface area contributed by atoms with Gasteiger partial charge in [0.05, 0.1) is 11.4 Å². The monoisotopic (exact) mass is 280 g/mol. The molecular formula is C14H11F3N2O. The number of nitrogens with one attached hydrogen (secondary N) is 1. The zero-order chi connectivity index (χ0) is 14.9. The van der Waals surface area contributed by atoms with E-state index in [9.17, 15) is 18.0 Å². The number of anilines is 2. The summed E-state index contributed by atoms with van der Waals surface area (Å²) >= 11 is 0. The summed E-state index contributed by atoms with van der Waals surface area (Å²) in [5, 5.41) is 2.26. The molecule has 0 bridgehead atoms. The highest BCUT2D eigenvalue weighted by atomic mass is 19.1. The molecule has 0 aliphatic heterocycles. The van der Waals surface area contributed by atoms with Gasteiger partial charge in [0.15, 0.2) is 0 Å². The van der Waals surface area contributed by atoms with E-state index in [1.165, 1.54) is 19.1 Å². The van der Waals surface area contributed by atoms with Crippen LogP contribution in [0.15, 0.2) is 30.3 Å². The minimum Gasteiger partial charge on any atom is -0.396 e. The van der Waals surface area contributed by atoms with Gasteiger partial charge in [0, 0.05) is 11.6 Å². The van der Waals surface area contributed by atoms with Crippen molar-refractivity contribution >= 4 is 17.3 Å². The number of rotatable bonds is 2. The lowest BCUT2D eigenvalue weighted by Crippen LogP contribution is -2.14. The Bertz CT molecular complexity index is 686. The van der Waals surface area contributed by atoms with Gasteiger partial charge in [-0.15, -0.1) is 0 Å². The first-order valence-electron chi connectivity index (χ1n) is 5.70. The van der Waals surface area contributed by atoms with Crippen molar-refractivity contribution in [3.63, 3.8) is 0 Å². The van der Waals surface area contributed by atoms with Gasteiger partial charge in [-0.2, -0.15) is 0 Å².